The van der Waals surface area contributed by atoms with E-state index in [2.05, 4.69) is 173 Å². The Morgan fingerprint density at radius 2 is 0.893 bits per heavy atom. The standard InChI is InChI=1S/C50H65O5P/c1-45(2,3)29-19-21-39-35(23-29)41(44(51)52-39)36-24-30(46(4,5)6)20-22-40(36)53-56-54-42-33(25-31(47(7,8)9)27-37(42)49(13,14)15)34-26-32(48(10,11)12)28-38(43(34)55-56)50(16,17)18/h19-28,41H,1-18H3. The fraction of sp³-hybridized carbons (Fsp3) is 0.500. The zero-order valence-electron chi connectivity index (χ0n) is 37.3. The predicted octanol–water partition coefficient (Wildman–Crippen LogP) is 15.0. The second-order valence-corrected chi connectivity index (χ2v) is 23.2. The van der Waals surface area contributed by atoms with E-state index < -0.39 is 14.2 Å². The molecule has 1 atom stereocenters. The predicted molar refractivity (Wildman–Crippen MR) is 235 cm³/mol. The van der Waals surface area contributed by atoms with Crippen molar-refractivity contribution in [2.75, 3.05) is 0 Å². The molecule has 0 radical (unpaired) electrons. The first-order valence-corrected chi connectivity index (χ1v) is 21.3. The molecule has 1 aliphatic rings. The second-order valence-electron chi connectivity index (χ2n) is 22.2. The highest BCUT2D eigenvalue weighted by Gasteiger charge is 2.39. The minimum Gasteiger partial charge on any atom is -0.425 e. The molecule has 56 heavy (non-hydrogen) atoms. The number of hydrogen-bond acceptors (Lipinski definition) is 5. The summed E-state index contributed by atoms with van der Waals surface area (Å²) >= 11 is 0. The van der Waals surface area contributed by atoms with Gasteiger partial charge in [-0.3, -0.25) is 4.79 Å². The van der Waals surface area contributed by atoms with Gasteiger partial charge in [-0.1, -0.05) is 161 Å². The Hall–Kier alpha value is -3.95. The van der Waals surface area contributed by atoms with Crippen molar-refractivity contribution in [3.8, 4) is 11.5 Å². The molecular formula is C50H65O5P. The van der Waals surface area contributed by atoms with Gasteiger partial charge in [-0.25, -0.2) is 0 Å². The van der Waals surface area contributed by atoms with Crippen molar-refractivity contribution in [2.24, 2.45) is 0 Å². The SMILES string of the molecule is CC(C)(C)c1ccc2c(c1)C(c1cc(C(C)(C)C)ccc1Op1oc3c(C(C)(C)C)cc(C(C)(C)C)cc3c3cc(C(C)(C)C)cc(C(C)(C)C)c3o1)C(=O)O2. The average molecular weight is 777 g/mol. The van der Waals surface area contributed by atoms with Gasteiger partial charge < -0.3 is 17.7 Å². The quantitative estimate of drug-likeness (QED) is 0.135. The highest BCUT2D eigenvalue weighted by molar-refractivity contribution is 7.32. The highest BCUT2D eigenvalue weighted by Crippen LogP contribution is 2.50. The van der Waals surface area contributed by atoms with Crippen LogP contribution in [0, 0.1) is 0 Å². The topological polar surface area (TPSA) is 61.8 Å². The molecule has 0 fully saturated rings. The van der Waals surface area contributed by atoms with Crippen molar-refractivity contribution < 1.29 is 22.4 Å². The van der Waals surface area contributed by atoms with Gasteiger partial charge in [0.25, 0.3) is 0 Å². The summed E-state index contributed by atoms with van der Waals surface area (Å²) in [5, 5.41) is 2.02. The van der Waals surface area contributed by atoms with E-state index in [-0.39, 0.29) is 38.5 Å². The molecule has 2 heterocycles. The molecule has 5 nitrogen and oxygen atoms in total. The maximum absolute atomic E-state index is 14.0. The zero-order chi connectivity index (χ0) is 41.7. The molecule has 0 spiro atoms. The van der Waals surface area contributed by atoms with Crippen LogP contribution < -0.4 is 9.26 Å². The van der Waals surface area contributed by atoms with Crippen molar-refractivity contribution in [3.63, 3.8) is 0 Å². The third-order valence-corrected chi connectivity index (χ3v) is 12.1. The molecule has 6 heteroatoms. The van der Waals surface area contributed by atoms with Crippen LogP contribution in [0.3, 0.4) is 0 Å². The van der Waals surface area contributed by atoms with Gasteiger partial charge >= 0.3 is 14.2 Å². The molecule has 1 aromatic heterocycles. The average Bonchev–Trinajstić information content (AvgIpc) is 3.27. The van der Waals surface area contributed by atoms with Crippen LogP contribution >= 0.6 is 8.24 Å². The largest absolute Gasteiger partial charge is 0.453 e. The van der Waals surface area contributed by atoms with Gasteiger partial charge in [0.05, 0.1) is 0 Å². The molecule has 4 aromatic carbocycles. The monoisotopic (exact) mass is 776 g/mol. The Bertz CT molecular complexity index is 2290. The third-order valence-electron chi connectivity index (χ3n) is 11.1. The van der Waals surface area contributed by atoms with Gasteiger partial charge in [0.2, 0.25) is 0 Å². The molecular weight excluding hydrogens is 712 g/mol. The van der Waals surface area contributed by atoms with E-state index >= 15 is 0 Å². The van der Waals surface area contributed by atoms with Crippen LogP contribution in [0.2, 0.25) is 0 Å². The molecule has 0 amide bonds. The first-order valence-electron chi connectivity index (χ1n) is 20.2. The molecule has 1 aliphatic heterocycles. The molecule has 5 aromatic rings. The lowest BCUT2D eigenvalue weighted by molar-refractivity contribution is -0.133. The Morgan fingerprint density at radius 1 is 0.482 bits per heavy atom. The third kappa shape index (κ3) is 8.08. The molecule has 6 rings (SSSR count). The zero-order valence-corrected chi connectivity index (χ0v) is 38.2. The van der Waals surface area contributed by atoms with E-state index in [0.717, 1.165) is 55.3 Å². The summed E-state index contributed by atoms with van der Waals surface area (Å²) in [6.45, 7) is 40.1. The fourth-order valence-electron chi connectivity index (χ4n) is 7.37. The number of fused-ring (bicyclic) bond motifs is 4. The van der Waals surface area contributed by atoms with Crippen molar-refractivity contribution in [3.05, 3.63) is 105 Å². The van der Waals surface area contributed by atoms with Gasteiger partial charge in [-0.15, -0.1) is 0 Å². The lowest BCUT2D eigenvalue weighted by Crippen LogP contribution is -2.17. The number of hydrogen-bond donors (Lipinski definition) is 0. The van der Waals surface area contributed by atoms with Gasteiger partial charge in [0.15, 0.2) is 0 Å². The summed E-state index contributed by atoms with van der Waals surface area (Å²) in [4.78, 5) is 14.0. The van der Waals surface area contributed by atoms with Crippen molar-refractivity contribution in [1.29, 1.82) is 0 Å². The van der Waals surface area contributed by atoms with Crippen LogP contribution in [0.4, 0.5) is 0 Å². The summed E-state index contributed by atoms with van der Waals surface area (Å²) < 4.78 is 27.3. The fourth-order valence-corrected chi connectivity index (χ4v) is 8.50. The number of benzene rings is 4. The Kier molecular flexibility index (Phi) is 10.1. The van der Waals surface area contributed by atoms with Crippen molar-refractivity contribution >= 4 is 36.1 Å². The van der Waals surface area contributed by atoms with E-state index in [4.69, 9.17) is 17.7 Å². The second kappa shape index (κ2) is 13.6. The summed E-state index contributed by atoms with van der Waals surface area (Å²) in [5.41, 5.74) is 8.99. The molecule has 1 unspecified atom stereocenters. The van der Waals surface area contributed by atoms with Gasteiger partial charge in [0.1, 0.15) is 28.6 Å². The van der Waals surface area contributed by atoms with Crippen LogP contribution in [0.5, 0.6) is 11.5 Å². The molecule has 300 valence electrons. The van der Waals surface area contributed by atoms with E-state index in [9.17, 15) is 4.79 Å². The van der Waals surface area contributed by atoms with E-state index in [0.29, 0.717) is 11.5 Å². The van der Waals surface area contributed by atoms with Crippen molar-refractivity contribution in [1.82, 2.24) is 0 Å². The first-order chi connectivity index (χ1) is 25.4. The minimum absolute atomic E-state index is 0.110. The lowest BCUT2D eigenvalue weighted by atomic mass is 9.77. The van der Waals surface area contributed by atoms with Gasteiger partial charge in [0, 0.05) is 33.0 Å². The number of carbonyl (C=O) groups excluding carboxylic acids is 1. The lowest BCUT2D eigenvalue weighted by Gasteiger charge is -2.27. The molecule has 0 saturated carbocycles. The highest BCUT2D eigenvalue weighted by atomic mass is 31.1. The smallest absolute Gasteiger partial charge is 0.425 e. The molecule has 0 bridgehead atoms. The van der Waals surface area contributed by atoms with Crippen LogP contribution in [0.25, 0.3) is 21.9 Å². The number of carbonyl (C=O) groups is 1. The number of rotatable bonds is 3. The molecule has 0 N–H and O–H groups in total. The maximum Gasteiger partial charge on any atom is 0.453 e. The van der Waals surface area contributed by atoms with Gasteiger partial charge in [-0.05, 0) is 79.0 Å². The number of esters is 1. The van der Waals surface area contributed by atoms with Crippen LogP contribution in [0.15, 0.2) is 69.1 Å². The van der Waals surface area contributed by atoms with Crippen LogP contribution in [-0.4, -0.2) is 5.97 Å². The molecule has 0 aliphatic carbocycles. The Morgan fingerprint density at radius 3 is 1.30 bits per heavy atom. The summed E-state index contributed by atoms with van der Waals surface area (Å²) in [6.07, 6.45) is 0. The normalized spacial score (nSPS) is 15.7. The van der Waals surface area contributed by atoms with Gasteiger partial charge in [-0.2, -0.15) is 0 Å². The van der Waals surface area contributed by atoms with Crippen LogP contribution in [-0.2, 0) is 37.3 Å². The Labute approximate surface area is 337 Å². The minimum atomic E-state index is -2.08. The van der Waals surface area contributed by atoms with E-state index in [1.807, 2.05) is 12.1 Å². The number of ether oxygens (including phenoxy) is 1. The summed E-state index contributed by atoms with van der Waals surface area (Å²) in [7, 11) is -2.08. The molecule has 0 saturated heterocycles. The maximum atomic E-state index is 14.0. The summed E-state index contributed by atoms with van der Waals surface area (Å²) in [6, 6.07) is 21.5. The summed E-state index contributed by atoms with van der Waals surface area (Å²) in [5.74, 6) is 0.134. The van der Waals surface area contributed by atoms with E-state index in [1.165, 1.54) is 11.1 Å². The van der Waals surface area contributed by atoms with E-state index in [1.54, 1.807) is 0 Å². The first kappa shape index (κ1) is 41.7. The van der Waals surface area contributed by atoms with Crippen LogP contribution in [0.1, 0.15) is 175 Å². The Balaban J connectivity index is 1.73. The van der Waals surface area contributed by atoms with Crippen molar-refractivity contribution in [2.45, 2.75) is 163 Å².